The smallest absolute Gasteiger partial charge is 0.344 e. The predicted octanol–water partition coefficient (Wildman–Crippen LogP) is 4.60. The summed E-state index contributed by atoms with van der Waals surface area (Å²) in [5.41, 5.74) is 0.986. The lowest BCUT2D eigenvalue weighted by Crippen LogP contribution is -2.12. The number of benzene rings is 2. The number of hydrogen-bond acceptors (Lipinski definition) is 8. The van der Waals surface area contributed by atoms with E-state index in [2.05, 4.69) is 4.99 Å². The van der Waals surface area contributed by atoms with E-state index in [-0.39, 0.29) is 23.7 Å². The molecule has 1 heterocycles. The molecule has 8 heteroatoms. The molecule has 1 aliphatic heterocycles. The Morgan fingerprint density at radius 2 is 1.83 bits per heavy atom. The van der Waals surface area contributed by atoms with Crippen molar-refractivity contribution in [3.63, 3.8) is 0 Å². The van der Waals surface area contributed by atoms with Crippen molar-refractivity contribution in [3.8, 4) is 17.2 Å². The molecule has 2 N–H and O–H groups in total. The summed E-state index contributed by atoms with van der Waals surface area (Å²) in [6, 6.07) is 11.8. The average molecular weight is 427 g/mol. The maximum Gasteiger partial charge on any atom is 0.344 e. The fourth-order valence-electron chi connectivity index (χ4n) is 2.70. The van der Waals surface area contributed by atoms with Crippen molar-refractivity contribution >= 4 is 34.5 Å². The van der Waals surface area contributed by atoms with Gasteiger partial charge in [0, 0.05) is 17.7 Å². The number of ether oxygens (including phenoxy) is 3. The first-order valence-corrected chi connectivity index (χ1v) is 9.88. The molecule has 0 aromatic heterocycles. The van der Waals surface area contributed by atoms with Gasteiger partial charge in [0.1, 0.15) is 33.6 Å². The van der Waals surface area contributed by atoms with Gasteiger partial charge in [-0.2, -0.15) is 0 Å². The molecule has 7 nitrogen and oxygen atoms in total. The molecule has 0 amide bonds. The van der Waals surface area contributed by atoms with E-state index in [0.717, 1.165) is 11.8 Å². The number of aliphatic hydroxyl groups is 1. The van der Waals surface area contributed by atoms with Crippen molar-refractivity contribution in [2.75, 3.05) is 20.8 Å². The molecule has 2 aromatic carbocycles. The van der Waals surface area contributed by atoms with Gasteiger partial charge in [0.2, 0.25) is 0 Å². The maximum absolute atomic E-state index is 12.5. The Hall–Kier alpha value is -3.39. The van der Waals surface area contributed by atoms with E-state index >= 15 is 0 Å². The topological polar surface area (TPSA) is 97.6 Å². The summed E-state index contributed by atoms with van der Waals surface area (Å²) in [4.78, 5) is 17.3. The van der Waals surface area contributed by atoms with Gasteiger partial charge < -0.3 is 24.4 Å². The van der Waals surface area contributed by atoms with E-state index in [1.54, 1.807) is 56.5 Å². The summed E-state index contributed by atoms with van der Waals surface area (Å²) in [5, 5.41) is 21.2. The maximum atomic E-state index is 12.5. The first kappa shape index (κ1) is 21.3. The predicted molar refractivity (Wildman–Crippen MR) is 117 cm³/mol. The summed E-state index contributed by atoms with van der Waals surface area (Å²) < 4.78 is 15.4. The summed E-state index contributed by atoms with van der Waals surface area (Å²) in [5.74, 6) is 0.165. The number of aliphatic hydroxyl groups excluding tert-OH is 1. The Morgan fingerprint density at radius 1 is 1.10 bits per heavy atom. The molecule has 156 valence electrons. The molecule has 0 fully saturated rings. The lowest BCUT2D eigenvalue weighted by molar-refractivity contribution is -0.138. The standard InChI is InChI=1S/C22H21NO6S/c1-4-29-22(26)19-20(25)18(10-13-8-9-16(28-3)12-17(13)24)30-21(19)23-14-6-5-7-15(11-14)27-2/h5-12,24-25H,4H2,1-3H3. The lowest BCUT2D eigenvalue weighted by Gasteiger charge is -2.04. The molecule has 0 saturated heterocycles. The second-order valence-electron chi connectivity index (χ2n) is 6.10. The van der Waals surface area contributed by atoms with E-state index in [0.29, 0.717) is 32.7 Å². The van der Waals surface area contributed by atoms with Crippen molar-refractivity contribution in [1.82, 2.24) is 0 Å². The van der Waals surface area contributed by atoms with Gasteiger partial charge in [0.15, 0.2) is 0 Å². The SMILES string of the molecule is CCOC(=O)C1=C(O)C(=Cc2ccc(OC)cc2O)SC1=Nc1cccc(OC)c1. The lowest BCUT2D eigenvalue weighted by atomic mass is 10.1. The van der Waals surface area contributed by atoms with Crippen LogP contribution in [0.5, 0.6) is 17.2 Å². The molecule has 0 unspecified atom stereocenters. The molecule has 30 heavy (non-hydrogen) atoms. The quantitative estimate of drug-likeness (QED) is 0.650. The second kappa shape index (κ2) is 9.41. The van der Waals surface area contributed by atoms with Crippen molar-refractivity contribution in [1.29, 1.82) is 0 Å². The van der Waals surface area contributed by atoms with Crippen molar-refractivity contribution < 1.29 is 29.2 Å². The van der Waals surface area contributed by atoms with Gasteiger partial charge in [0.05, 0.1) is 31.4 Å². The van der Waals surface area contributed by atoms with Gasteiger partial charge in [-0.25, -0.2) is 9.79 Å². The monoisotopic (exact) mass is 427 g/mol. The molecule has 0 atom stereocenters. The van der Waals surface area contributed by atoms with Gasteiger partial charge >= 0.3 is 5.97 Å². The number of rotatable bonds is 6. The molecule has 3 rings (SSSR count). The zero-order valence-electron chi connectivity index (χ0n) is 16.7. The molecular formula is C22H21NO6S. The van der Waals surface area contributed by atoms with Crippen molar-refractivity contribution in [3.05, 3.63) is 64.3 Å². The Bertz CT molecular complexity index is 1060. The van der Waals surface area contributed by atoms with Crippen molar-refractivity contribution in [2.45, 2.75) is 6.92 Å². The Balaban J connectivity index is 2.05. The number of phenols is 1. The molecule has 0 aliphatic carbocycles. The van der Waals surface area contributed by atoms with Crippen LogP contribution >= 0.6 is 11.8 Å². The van der Waals surface area contributed by atoms with Crippen LogP contribution in [0.25, 0.3) is 6.08 Å². The average Bonchev–Trinajstić information content (AvgIpc) is 3.04. The van der Waals surface area contributed by atoms with Gasteiger partial charge in [0.25, 0.3) is 0 Å². The number of aliphatic imine (C=N–C) groups is 1. The fraction of sp³-hybridized carbons (Fsp3) is 0.182. The van der Waals surface area contributed by atoms with Gasteiger partial charge in [-0.15, -0.1) is 0 Å². The minimum absolute atomic E-state index is 0.0221. The van der Waals surface area contributed by atoms with Crippen LogP contribution in [0.15, 0.2) is 63.7 Å². The number of carbonyl (C=O) groups excluding carboxylic acids is 1. The normalized spacial score (nSPS) is 16.2. The molecule has 0 radical (unpaired) electrons. The second-order valence-corrected chi connectivity index (χ2v) is 7.13. The Labute approximate surface area is 178 Å². The van der Waals surface area contributed by atoms with E-state index in [1.165, 1.54) is 13.2 Å². The fourth-order valence-corrected chi connectivity index (χ4v) is 3.73. The van der Waals surface area contributed by atoms with Crippen LogP contribution in [0.4, 0.5) is 5.69 Å². The van der Waals surface area contributed by atoms with Crippen LogP contribution in [-0.2, 0) is 9.53 Å². The first-order chi connectivity index (χ1) is 14.5. The van der Waals surface area contributed by atoms with Crippen LogP contribution in [0, 0.1) is 0 Å². The number of esters is 1. The zero-order valence-corrected chi connectivity index (χ0v) is 17.5. The molecule has 1 aliphatic rings. The minimum Gasteiger partial charge on any atom is -0.507 e. The largest absolute Gasteiger partial charge is 0.507 e. The molecular weight excluding hydrogens is 406 g/mol. The van der Waals surface area contributed by atoms with E-state index in [4.69, 9.17) is 14.2 Å². The van der Waals surface area contributed by atoms with E-state index in [1.807, 2.05) is 0 Å². The van der Waals surface area contributed by atoms with Gasteiger partial charge in [-0.3, -0.25) is 0 Å². The highest BCUT2D eigenvalue weighted by Gasteiger charge is 2.33. The van der Waals surface area contributed by atoms with E-state index < -0.39 is 5.97 Å². The van der Waals surface area contributed by atoms with Crippen LogP contribution in [0.1, 0.15) is 12.5 Å². The summed E-state index contributed by atoms with van der Waals surface area (Å²) in [6.45, 7) is 1.84. The van der Waals surface area contributed by atoms with E-state index in [9.17, 15) is 15.0 Å². The molecule has 2 aromatic rings. The Kier molecular flexibility index (Phi) is 6.68. The van der Waals surface area contributed by atoms with Crippen molar-refractivity contribution in [2.24, 2.45) is 4.99 Å². The number of thioether (sulfide) groups is 1. The van der Waals surface area contributed by atoms with Crippen LogP contribution in [-0.4, -0.2) is 42.1 Å². The summed E-state index contributed by atoms with van der Waals surface area (Å²) in [7, 11) is 3.05. The van der Waals surface area contributed by atoms with Gasteiger partial charge in [-0.1, -0.05) is 17.8 Å². The Morgan fingerprint density at radius 3 is 2.50 bits per heavy atom. The third-order valence-corrected chi connectivity index (χ3v) is 5.20. The van der Waals surface area contributed by atoms with Crippen LogP contribution < -0.4 is 9.47 Å². The third-order valence-electron chi connectivity index (χ3n) is 4.18. The number of phenolic OH excluding ortho intramolecular Hbond substituents is 1. The number of methoxy groups -OCH3 is 2. The highest BCUT2D eigenvalue weighted by Crippen LogP contribution is 2.41. The highest BCUT2D eigenvalue weighted by atomic mass is 32.2. The molecule has 0 bridgehead atoms. The summed E-state index contributed by atoms with van der Waals surface area (Å²) >= 11 is 1.11. The van der Waals surface area contributed by atoms with Crippen LogP contribution in [0.2, 0.25) is 0 Å². The first-order valence-electron chi connectivity index (χ1n) is 9.07. The number of carbonyl (C=O) groups is 1. The molecule has 0 spiro atoms. The van der Waals surface area contributed by atoms with Crippen LogP contribution in [0.3, 0.4) is 0 Å². The zero-order chi connectivity index (χ0) is 21.7. The number of nitrogens with zero attached hydrogens (tertiary/aromatic N) is 1. The van der Waals surface area contributed by atoms with Gasteiger partial charge in [-0.05, 0) is 37.3 Å². The summed E-state index contributed by atoms with van der Waals surface area (Å²) in [6.07, 6.45) is 1.57. The number of hydrogen-bond donors (Lipinski definition) is 2. The minimum atomic E-state index is -0.675. The third kappa shape index (κ3) is 4.60. The number of aromatic hydroxyl groups is 1. The highest BCUT2D eigenvalue weighted by molar-refractivity contribution is 8.18. The molecule has 0 saturated carbocycles.